The van der Waals surface area contributed by atoms with Gasteiger partial charge in [-0.3, -0.25) is 33.6 Å². The molecule has 0 unspecified atom stereocenters. The number of hydrogen-bond acceptors (Lipinski definition) is 8. The van der Waals surface area contributed by atoms with Gasteiger partial charge in [0.2, 0.25) is 41.4 Å². The molecule has 7 amide bonds. The van der Waals surface area contributed by atoms with E-state index in [1.54, 1.807) is 0 Å². The summed E-state index contributed by atoms with van der Waals surface area (Å²) in [6.07, 6.45) is 10.9. The molecule has 0 atom stereocenters. The Hall–Kier alpha value is -3.75. The van der Waals surface area contributed by atoms with Gasteiger partial charge in [0.05, 0.1) is 0 Å². The average Bonchev–Trinajstić information content (AvgIpc) is 3.07. The minimum atomic E-state index is -0.178. The first kappa shape index (κ1) is 45.2. The van der Waals surface area contributed by atoms with E-state index in [-0.39, 0.29) is 79.9 Å². The summed E-state index contributed by atoms with van der Waals surface area (Å²) in [6, 6.07) is 0. The normalized spacial score (nSPS) is 10.5. The molecule has 0 spiro atoms. The minimum absolute atomic E-state index is 0.0461. The average molecular weight is 697 g/mol. The SMILES string of the molecule is CC(=O)NCCCCCNC(=O)CCC(=O)NCCCCCNC(=O)CCC(=O)NCCCCCNC(=O)CCC(=O)NCCCCCN. The molecule has 0 fully saturated rings. The zero-order chi connectivity index (χ0) is 36.4. The van der Waals surface area contributed by atoms with Crippen molar-refractivity contribution >= 4 is 41.4 Å². The van der Waals surface area contributed by atoms with Crippen molar-refractivity contribution in [1.29, 1.82) is 0 Å². The number of nitrogens with one attached hydrogen (secondary N) is 7. The molecule has 0 rings (SSSR count). The Morgan fingerprint density at radius 2 is 0.531 bits per heavy atom. The van der Waals surface area contributed by atoms with Crippen LogP contribution >= 0.6 is 0 Å². The van der Waals surface area contributed by atoms with Crippen molar-refractivity contribution in [3.63, 3.8) is 0 Å². The van der Waals surface area contributed by atoms with E-state index in [9.17, 15) is 33.6 Å². The van der Waals surface area contributed by atoms with Crippen LogP contribution in [-0.4, -0.2) is 93.7 Å². The van der Waals surface area contributed by atoms with Gasteiger partial charge in [0.1, 0.15) is 0 Å². The highest BCUT2D eigenvalue weighted by Gasteiger charge is 2.09. The van der Waals surface area contributed by atoms with Crippen LogP contribution in [0.1, 0.15) is 122 Å². The third-order valence-corrected chi connectivity index (χ3v) is 7.49. The number of nitrogens with two attached hydrogens (primary N) is 1. The smallest absolute Gasteiger partial charge is 0.220 e. The number of amides is 7. The quantitative estimate of drug-likeness (QED) is 0.0468. The fourth-order valence-corrected chi connectivity index (χ4v) is 4.57. The zero-order valence-electron chi connectivity index (χ0n) is 29.8. The van der Waals surface area contributed by atoms with Gasteiger partial charge in [0.25, 0.3) is 0 Å². The van der Waals surface area contributed by atoms with Gasteiger partial charge in [-0.25, -0.2) is 0 Å². The van der Waals surface area contributed by atoms with Crippen LogP contribution in [0.15, 0.2) is 0 Å². The predicted octanol–water partition coefficient (Wildman–Crippen LogP) is 0.800. The molecule has 15 nitrogen and oxygen atoms in total. The lowest BCUT2D eigenvalue weighted by Crippen LogP contribution is -2.29. The van der Waals surface area contributed by atoms with Crippen molar-refractivity contribution in [2.24, 2.45) is 5.73 Å². The zero-order valence-corrected chi connectivity index (χ0v) is 29.8. The standard InChI is InChI=1S/C34H64N8O7/c1-28(43)36-21-8-3-9-23-38-30(45)16-17-32(47)40-25-12-5-13-27-42-34(49)19-18-33(48)41-26-11-4-10-24-39-31(46)15-14-29(44)37-22-7-2-6-20-35/h2-27,35H2,1H3,(H,36,43)(H,37,44)(H,38,45)(H,39,46)(H,40,47)(H,41,48)(H,42,49). The molecule has 0 saturated carbocycles. The monoisotopic (exact) mass is 696 g/mol. The fourth-order valence-electron chi connectivity index (χ4n) is 4.57. The van der Waals surface area contributed by atoms with Gasteiger partial charge in [-0.05, 0) is 77.2 Å². The van der Waals surface area contributed by atoms with Crippen LogP contribution in [0.3, 0.4) is 0 Å². The lowest BCUT2D eigenvalue weighted by atomic mass is 10.2. The first-order valence-electron chi connectivity index (χ1n) is 18.2. The largest absolute Gasteiger partial charge is 0.356 e. The van der Waals surface area contributed by atoms with Crippen LogP contribution in [0.2, 0.25) is 0 Å². The number of carbonyl (C=O) groups is 7. The van der Waals surface area contributed by atoms with E-state index in [4.69, 9.17) is 5.73 Å². The summed E-state index contributed by atoms with van der Waals surface area (Å²) >= 11 is 0. The van der Waals surface area contributed by atoms with Gasteiger partial charge in [-0.1, -0.05) is 6.42 Å². The molecule has 49 heavy (non-hydrogen) atoms. The van der Waals surface area contributed by atoms with E-state index in [0.717, 1.165) is 77.0 Å². The molecule has 0 saturated heterocycles. The van der Waals surface area contributed by atoms with E-state index in [0.29, 0.717) is 52.4 Å². The lowest BCUT2D eigenvalue weighted by molar-refractivity contribution is -0.126. The molecular weight excluding hydrogens is 632 g/mol. The van der Waals surface area contributed by atoms with Crippen LogP contribution in [0, 0.1) is 0 Å². The summed E-state index contributed by atoms with van der Waals surface area (Å²) in [5, 5.41) is 19.6. The summed E-state index contributed by atoms with van der Waals surface area (Å²) in [5.74, 6) is -0.989. The van der Waals surface area contributed by atoms with Crippen molar-refractivity contribution in [3.8, 4) is 0 Å². The summed E-state index contributed by atoms with van der Waals surface area (Å²) in [6.45, 7) is 5.96. The molecular formula is C34H64N8O7. The molecule has 282 valence electrons. The van der Waals surface area contributed by atoms with Crippen molar-refractivity contribution in [2.45, 2.75) is 122 Å². The Labute approximate surface area is 292 Å². The van der Waals surface area contributed by atoms with E-state index < -0.39 is 0 Å². The fraction of sp³-hybridized carbons (Fsp3) is 0.794. The first-order valence-corrected chi connectivity index (χ1v) is 18.2. The van der Waals surface area contributed by atoms with Crippen LogP contribution in [0.5, 0.6) is 0 Å². The Bertz CT molecular complexity index is 965. The van der Waals surface area contributed by atoms with E-state index in [2.05, 4.69) is 37.2 Å². The molecule has 0 aliphatic rings. The second-order valence-corrected chi connectivity index (χ2v) is 12.1. The van der Waals surface area contributed by atoms with Gasteiger partial charge >= 0.3 is 0 Å². The van der Waals surface area contributed by atoms with Gasteiger partial charge in [-0.2, -0.15) is 0 Å². The first-order chi connectivity index (χ1) is 23.6. The summed E-state index contributed by atoms with van der Waals surface area (Å²) in [5.41, 5.74) is 5.43. The maximum Gasteiger partial charge on any atom is 0.220 e. The van der Waals surface area contributed by atoms with E-state index >= 15 is 0 Å². The van der Waals surface area contributed by atoms with Crippen molar-refractivity contribution < 1.29 is 33.6 Å². The van der Waals surface area contributed by atoms with Gasteiger partial charge < -0.3 is 43.0 Å². The highest BCUT2D eigenvalue weighted by atomic mass is 16.2. The molecule has 0 aliphatic heterocycles. The molecule has 0 aromatic rings. The predicted molar refractivity (Wildman–Crippen MR) is 189 cm³/mol. The van der Waals surface area contributed by atoms with Crippen LogP contribution < -0.4 is 43.0 Å². The maximum atomic E-state index is 12.0. The minimum Gasteiger partial charge on any atom is -0.356 e. The summed E-state index contributed by atoms with van der Waals surface area (Å²) in [7, 11) is 0. The van der Waals surface area contributed by atoms with Crippen LogP contribution in [0.4, 0.5) is 0 Å². The van der Waals surface area contributed by atoms with E-state index in [1.165, 1.54) is 6.92 Å². The Balaban J connectivity index is 3.56. The maximum absolute atomic E-state index is 12.0. The Morgan fingerprint density at radius 3 is 0.735 bits per heavy atom. The van der Waals surface area contributed by atoms with Crippen molar-refractivity contribution in [2.75, 3.05) is 52.4 Å². The summed E-state index contributed by atoms with van der Waals surface area (Å²) < 4.78 is 0. The third-order valence-electron chi connectivity index (χ3n) is 7.49. The molecule has 0 aromatic carbocycles. The van der Waals surface area contributed by atoms with Crippen molar-refractivity contribution in [3.05, 3.63) is 0 Å². The van der Waals surface area contributed by atoms with Crippen LogP contribution in [-0.2, 0) is 33.6 Å². The second-order valence-electron chi connectivity index (χ2n) is 12.1. The number of hydrogen-bond donors (Lipinski definition) is 8. The molecule has 0 radical (unpaired) electrons. The van der Waals surface area contributed by atoms with Crippen LogP contribution in [0.25, 0.3) is 0 Å². The molecule has 0 aromatic heterocycles. The number of rotatable bonds is 32. The van der Waals surface area contributed by atoms with Gasteiger partial charge in [0, 0.05) is 91.3 Å². The topological polar surface area (TPSA) is 230 Å². The summed E-state index contributed by atoms with van der Waals surface area (Å²) in [4.78, 5) is 82.2. The molecule has 0 heterocycles. The molecule has 9 N–H and O–H groups in total. The highest BCUT2D eigenvalue weighted by Crippen LogP contribution is 1.99. The van der Waals surface area contributed by atoms with Gasteiger partial charge in [0.15, 0.2) is 0 Å². The Morgan fingerprint density at radius 1 is 0.327 bits per heavy atom. The lowest BCUT2D eigenvalue weighted by Gasteiger charge is -2.08. The molecule has 0 bridgehead atoms. The molecule has 0 aliphatic carbocycles. The molecule has 15 heteroatoms. The Kier molecular flexibility index (Phi) is 30.3. The number of unbranched alkanes of at least 4 members (excludes halogenated alkanes) is 8. The van der Waals surface area contributed by atoms with E-state index in [1.807, 2.05) is 0 Å². The highest BCUT2D eigenvalue weighted by molar-refractivity contribution is 5.84. The van der Waals surface area contributed by atoms with Crippen molar-refractivity contribution in [1.82, 2.24) is 37.2 Å². The third kappa shape index (κ3) is 33.9. The van der Waals surface area contributed by atoms with Gasteiger partial charge in [-0.15, -0.1) is 0 Å². The second kappa shape index (κ2) is 32.8. The number of carbonyl (C=O) groups excluding carboxylic acids is 7.